The van der Waals surface area contributed by atoms with Crippen LogP contribution in [0.5, 0.6) is 0 Å². The van der Waals surface area contributed by atoms with Crippen molar-refractivity contribution in [1.29, 1.82) is 0 Å². The zero-order chi connectivity index (χ0) is 13.4. The summed E-state index contributed by atoms with van der Waals surface area (Å²) < 4.78 is 0. The Morgan fingerprint density at radius 1 is 1.11 bits per heavy atom. The van der Waals surface area contributed by atoms with Gasteiger partial charge >= 0.3 is 0 Å². The molecular formula is C13H18N2O3. The predicted molar refractivity (Wildman–Crippen MR) is 68.5 cm³/mol. The zero-order valence-corrected chi connectivity index (χ0v) is 10.4. The van der Waals surface area contributed by atoms with E-state index >= 15 is 0 Å². The molecule has 0 bridgehead atoms. The van der Waals surface area contributed by atoms with Crippen LogP contribution in [0.15, 0.2) is 24.3 Å². The third-order valence-corrected chi connectivity index (χ3v) is 2.32. The van der Waals surface area contributed by atoms with Crippen molar-refractivity contribution in [3.63, 3.8) is 0 Å². The highest BCUT2D eigenvalue weighted by atomic mass is 16.3. The molecule has 2 amide bonds. The fourth-order valence-electron chi connectivity index (χ4n) is 1.41. The second kappa shape index (κ2) is 7.45. The van der Waals surface area contributed by atoms with Crippen molar-refractivity contribution in [3.05, 3.63) is 35.4 Å². The molecule has 5 heteroatoms. The van der Waals surface area contributed by atoms with E-state index in [0.717, 1.165) is 6.42 Å². The molecule has 1 aromatic carbocycles. The van der Waals surface area contributed by atoms with Crippen LogP contribution in [-0.4, -0.2) is 36.6 Å². The van der Waals surface area contributed by atoms with Crippen molar-refractivity contribution >= 4 is 11.8 Å². The molecule has 0 aliphatic heterocycles. The highest BCUT2D eigenvalue weighted by molar-refractivity contribution is 5.99. The second-order valence-electron chi connectivity index (χ2n) is 3.82. The quantitative estimate of drug-likeness (QED) is 0.690. The highest BCUT2D eigenvalue weighted by Crippen LogP contribution is 2.05. The highest BCUT2D eigenvalue weighted by Gasteiger charge is 2.09. The minimum atomic E-state index is -0.297. The van der Waals surface area contributed by atoms with E-state index in [1.807, 2.05) is 6.92 Å². The lowest BCUT2D eigenvalue weighted by molar-refractivity contribution is 0.0945. The van der Waals surface area contributed by atoms with Gasteiger partial charge in [0.05, 0.1) is 6.61 Å². The van der Waals surface area contributed by atoms with Crippen LogP contribution in [0.3, 0.4) is 0 Å². The summed E-state index contributed by atoms with van der Waals surface area (Å²) in [6.07, 6.45) is 0.864. The van der Waals surface area contributed by atoms with E-state index < -0.39 is 0 Å². The van der Waals surface area contributed by atoms with Gasteiger partial charge in [-0.2, -0.15) is 0 Å². The Hall–Kier alpha value is -1.88. The predicted octanol–water partition coefficient (Wildman–Crippen LogP) is 0.548. The van der Waals surface area contributed by atoms with E-state index in [-0.39, 0.29) is 25.0 Å². The standard InChI is InChI=1S/C13H18N2O3/c1-2-6-14-12(17)10-4-3-5-11(9-10)13(18)15-7-8-16/h3-5,9,16H,2,6-8H2,1H3,(H,14,17)(H,15,18). The number of hydrogen-bond acceptors (Lipinski definition) is 3. The largest absolute Gasteiger partial charge is 0.395 e. The summed E-state index contributed by atoms with van der Waals surface area (Å²) in [6.45, 7) is 2.67. The van der Waals surface area contributed by atoms with Gasteiger partial charge < -0.3 is 15.7 Å². The molecule has 3 N–H and O–H groups in total. The summed E-state index contributed by atoms with van der Waals surface area (Å²) in [5.74, 6) is -0.483. The van der Waals surface area contributed by atoms with Gasteiger partial charge in [0.25, 0.3) is 11.8 Å². The topological polar surface area (TPSA) is 78.4 Å². The Kier molecular flexibility index (Phi) is 5.87. The minimum Gasteiger partial charge on any atom is -0.395 e. The van der Waals surface area contributed by atoms with Gasteiger partial charge in [-0.25, -0.2) is 0 Å². The summed E-state index contributed by atoms with van der Waals surface area (Å²) >= 11 is 0. The Balaban J connectivity index is 2.72. The molecule has 0 saturated heterocycles. The molecule has 0 aliphatic rings. The average molecular weight is 250 g/mol. The molecule has 0 aromatic heterocycles. The lowest BCUT2D eigenvalue weighted by atomic mass is 10.1. The third-order valence-electron chi connectivity index (χ3n) is 2.32. The molecule has 98 valence electrons. The summed E-state index contributed by atoms with van der Waals surface area (Å²) in [4.78, 5) is 23.3. The van der Waals surface area contributed by atoms with Gasteiger partial charge in [-0.1, -0.05) is 13.0 Å². The maximum atomic E-state index is 11.7. The van der Waals surface area contributed by atoms with Crippen LogP contribution < -0.4 is 10.6 Å². The summed E-state index contributed by atoms with van der Waals surface area (Å²) in [6, 6.07) is 6.49. The van der Waals surface area contributed by atoms with E-state index in [0.29, 0.717) is 17.7 Å². The maximum Gasteiger partial charge on any atom is 0.251 e. The van der Waals surface area contributed by atoms with E-state index in [1.54, 1.807) is 18.2 Å². The van der Waals surface area contributed by atoms with Crippen molar-refractivity contribution in [2.75, 3.05) is 19.7 Å². The van der Waals surface area contributed by atoms with E-state index in [2.05, 4.69) is 10.6 Å². The van der Waals surface area contributed by atoms with Crippen LogP contribution in [0.1, 0.15) is 34.1 Å². The summed E-state index contributed by atoms with van der Waals surface area (Å²) in [5, 5.41) is 13.9. The lowest BCUT2D eigenvalue weighted by Crippen LogP contribution is -2.27. The van der Waals surface area contributed by atoms with Gasteiger partial charge in [0, 0.05) is 24.2 Å². The van der Waals surface area contributed by atoms with Gasteiger partial charge in [0.15, 0.2) is 0 Å². The number of hydrogen-bond donors (Lipinski definition) is 3. The second-order valence-corrected chi connectivity index (χ2v) is 3.82. The van der Waals surface area contributed by atoms with Gasteiger partial charge in [-0.05, 0) is 24.6 Å². The van der Waals surface area contributed by atoms with Crippen molar-refractivity contribution < 1.29 is 14.7 Å². The van der Waals surface area contributed by atoms with E-state index in [1.165, 1.54) is 6.07 Å². The van der Waals surface area contributed by atoms with Crippen LogP contribution in [0.4, 0.5) is 0 Å². The first-order valence-electron chi connectivity index (χ1n) is 5.96. The molecule has 0 spiro atoms. The number of benzene rings is 1. The Morgan fingerprint density at radius 3 is 2.17 bits per heavy atom. The molecule has 0 radical (unpaired) electrons. The molecule has 18 heavy (non-hydrogen) atoms. The zero-order valence-electron chi connectivity index (χ0n) is 10.4. The number of aliphatic hydroxyl groups excluding tert-OH is 1. The molecule has 0 unspecified atom stereocenters. The summed E-state index contributed by atoms with van der Waals surface area (Å²) in [7, 11) is 0. The van der Waals surface area contributed by atoms with E-state index in [4.69, 9.17) is 5.11 Å². The van der Waals surface area contributed by atoms with Gasteiger partial charge in [0.1, 0.15) is 0 Å². The fraction of sp³-hybridized carbons (Fsp3) is 0.385. The fourth-order valence-corrected chi connectivity index (χ4v) is 1.41. The van der Waals surface area contributed by atoms with Gasteiger partial charge in [-0.15, -0.1) is 0 Å². The van der Waals surface area contributed by atoms with Gasteiger partial charge in [0.2, 0.25) is 0 Å². The first-order chi connectivity index (χ1) is 8.69. The molecular weight excluding hydrogens is 232 g/mol. The molecule has 1 rings (SSSR count). The number of amides is 2. The first-order valence-corrected chi connectivity index (χ1v) is 5.96. The lowest BCUT2D eigenvalue weighted by Gasteiger charge is -2.06. The molecule has 0 aliphatic carbocycles. The maximum absolute atomic E-state index is 11.7. The number of aliphatic hydroxyl groups is 1. The molecule has 1 aromatic rings. The smallest absolute Gasteiger partial charge is 0.251 e. The van der Waals surface area contributed by atoms with Crippen molar-refractivity contribution in [2.45, 2.75) is 13.3 Å². The van der Waals surface area contributed by atoms with Crippen LogP contribution >= 0.6 is 0 Å². The molecule has 0 atom stereocenters. The normalized spacial score (nSPS) is 9.89. The van der Waals surface area contributed by atoms with Crippen LogP contribution in [0.2, 0.25) is 0 Å². The molecule has 0 heterocycles. The van der Waals surface area contributed by atoms with Crippen LogP contribution in [0, 0.1) is 0 Å². The molecule has 0 fully saturated rings. The third kappa shape index (κ3) is 4.18. The van der Waals surface area contributed by atoms with Crippen molar-refractivity contribution in [1.82, 2.24) is 10.6 Å². The first kappa shape index (κ1) is 14.2. The van der Waals surface area contributed by atoms with Gasteiger partial charge in [-0.3, -0.25) is 9.59 Å². The van der Waals surface area contributed by atoms with Crippen LogP contribution in [0.25, 0.3) is 0 Å². The number of rotatable bonds is 6. The molecule has 5 nitrogen and oxygen atoms in total. The number of carbonyl (C=O) groups is 2. The Bertz CT molecular complexity index is 383. The van der Waals surface area contributed by atoms with Crippen LogP contribution in [-0.2, 0) is 0 Å². The van der Waals surface area contributed by atoms with Crippen molar-refractivity contribution in [2.24, 2.45) is 0 Å². The minimum absolute atomic E-state index is 0.109. The van der Waals surface area contributed by atoms with Crippen molar-refractivity contribution in [3.8, 4) is 0 Å². The molecule has 0 saturated carbocycles. The number of nitrogens with one attached hydrogen (secondary N) is 2. The Morgan fingerprint density at radius 2 is 1.67 bits per heavy atom. The summed E-state index contributed by atoms with van der Waals surface area (Å²) in [5.41, 5.74) is 0.868. The SMILES string of the molecule is CCCNC(=O)c1cccc(C(=O)NCCO)c1. The monoisotopic (exact) mass is 250 g/mol. The van der Waals surface area contributed by atoms with E-state index in [9.17, 15) is 9.59 Å². The number of carbonyl (C=O) groups excluding carboxylic acids is 2. The average Bonchev–Trinajstić information content (AvgIpc) is 2.42. The Labute approximate surface area is 106 Å².